The summed E-state index contributed by atoms with van der Waals surface area (Å²) in [4.78, 5) is 4.58. The molecule has 0 spiro atoms. The summed E-state index contributed by atoms with van der Waals surface area (Å²) in [6.07, 6.45) is 1.75. The first-order chi connectivity index (χ1) is 14.1. The number of nitrogens with one attached hydrogen (secondary N) is 1. The molecule has 10 heteroatoms. The summed E-state index contributed by atoms with van der Waals surface area (Å²) in [6.45, 7) is 2.68. The van der Waals surface area contributed by atoms with Crippen molar-refractivity contribution in [2.45, 2.75) is 20.0 Å². The van der Waals surface area contributed by atoms with Gasteiger partial charge in [0.1, 0.15) is 5.69 Å². The van der Waals surface area contributed by atoms with Crippen molar-refractivity contribution in [3.8, 4) is 5.95 Å². The van der Waals surface area contributed by atoms with E-state index >= 15 is 0 Å². The largest absolute Gasteiger partial charge is 0.488 e. The van der Waals surface area contributed by atoms with Gasteiger partial charge in [0.2, 0.25) is 0 Å². The molecule has 0 saturated carbocycles. The molecule has 0 bridgehead atoms. The molecule has 4 aromatic rings. The molecule has 0 aliphatic heterocycles. The van der Waals surface area contributed by atoms with Gasteiger partial charge in [-0.05, 0) is 29.6 Å². The highest BCUT2D eigenvalue weighted by atomic mass is 16.4. The van der Waals surface area contributed by atoms with E-state index in [1.165, 1.54) is 0 Å². The van der Waals surface area contributed by atoms with Gasteiger partial charge in [0, 0.05) is 18.5 Å². The van der Waals surface area contributed by atoms with Crippen LogP contribution >= 0.6 is 0 Å². The molecule has 0 saturated heterocycles. The van der Waals surface area contributed by atoms with Gasteiger partial charge in [-0.1, -0.05) is 36.4 Å². The number of aromatic nitrogens is 5. The van der Waals surface area contributed by atoms with E-state index in [1.807, 2.05) is 31.2 Å². The second kappa shape index (κ2) is 7.96. The van der Waals surface area contributed by atoms with Gasteiger partial charge >= 0.3 is 7.12 Å². The van der Waals surface area contributed by atoms with Gasteiger partial charge in [-0.15, -0.1) is 10.2 Å². The lowest BCUT2D eigenvalue weighted by Crippen LogP contribution is -2.30. The maximum atomic E-state index is 9.33. The van der Waals surface area contributed by atoms with E-state index in [2.05, 4.69) is 25.6 Å². The molecule has 9 nitrogen and oxygen atoms in total. The van der Waals surface area contributed by atoms with Crippen LogP contribution in [0, 0.1) is 6.92 Å². The van der Waals surface area contributed by atoms with Crippen molar-refractivity contribution in [2.75, 3.05) is 5.32 Å². The van der Waals surface area contributed by atoms with E-state index in [-0.39, 0.29) is 0 Å². The van der Waals surface area contributed by atoms with Crippen molar-refractivity contribution in [1.29, 1.82) is 0 Å². The van der Waals surface area contributed by atoms with Crippen LogP contribution in [0.15, 0.2) is 48.7 Å². The third-order valence-corrected chi connectivity index (χ3v) is 4.67. The smallest absolute Gasteiger partial charge is 0.423 e. The van der Waals surface area contributed by atoms with E-state index in [0.717, 1.165) is 22.0 Å². The Hall–Kier alpha value is -3.34. The van der Waals surface area contributed by atoms with Crippen LogP contribution in [0.2, 0.25) is 0 Å². The molecule has 146 valence electrons. The van der Waals surface area contributed by atoms with Crippen molar-refractivity contribution in [3.05, 3.63) is 65.5 Å². The molecule has 0 radical (unpaired) electrons. The van der Waals surface area contributed by atoms with Crippen LogP contribution < -0.4 is 16.5 Å². The predicted octanol–water partition coefficient (Wildman–Crippen LogP) is 0.270. The summed E-state index contributed by atoms with van der Waals surface area (Å²) in [5.41, 5.74) is 9.62. The average molecular weight is 389 g/mol. The topological polar surface area (TPSA) is 135 Å². The normalized spacial score (nSPS) is 11.0. The summed E-state index contributed by atoms with van der Waals surface area (Å²) in [5, 5.41) is 35.6. The fourth-order valence-corrected chi connectivity index (χ4v) is 3.13. The van der Waals surface area contributed by atoms with E-state index in [4.69, 9.17) is 5.73 Å². The molecule has 2 heterocycles. The van der Waals surface area contributed by atoms with Gasteiger partial charge in [-0.3, -0.25) is 0 Å². The molecule has 0 atom stereocenters. The number of nitrogens with two attached hydrogens (primary N) is 1. The molecular weight excluding hydrogens is 369 g/mol. The van der Waals surface area contributed by atoms with Gasteiger partial charge in [-0.25, -0.2) is 0 Å². The first-order valence-corrected chi connectivity index (χ1v) is 9.13. The zero-order valence-electron chi connectivity index (χ0n) is 15.8. The van der Waals surface area contributed by atoms with Gasteiger partial charge in [0.15, 0.2) is 5.82 Å². The quantitative estimate of drug-likeness (QED) is 0.345. The van der Waals surface area contributed by atoms with Crippen molar-refractivity contribution in [2.24, 2.45) is 5.73 Å². The molecule has 29 heavy (non-hydrogen) atoms. The third kappa shape index (κ3) is 3.81. The molecule has 2 aromatic heterocycles. The minimum atomic E-state index is -1.50. The highest BCUT2D eigenvalue weighted by Crippen LogP contribution is 2.21. The van der Waals surface area contributed by atoms with Crippen LogP contribution in [0.1, 0.15) is 16.8 Å². The number of anilines is 1. The number of nitrogens with zero attached hydrogens (tertiary/aromatic N) is 5. The minimum absolute atomic E-state index is 0.349. The molecule has 4 rings (SSSR count). The second-order valence-electron chi connectivity index (χ2n) is 6.63. The molecule has 0 aliphatic carbocycles. The average Bonchev–Trinajstić information content (AvgIpc) is 3.17. The lowest BCUT2D eigenvalue weighted by atomic mass is 9.80. The number of hydrogen-bond acceptors (Lipinski definition) is 8. The van der Waals surface area contributed by atoms with Crippen LogP contribution in [-0.2, 0) is 13.1 Å². The molecule has 0 aliphatic rings. The van der Waals surface area contributed by atoms with E-state index in [9.17, 15) is 10.0 Å². The number of benzene rings is 2. The Morgan fingerprint density at radius 1 is 1.14 bits per heavy atom. The Labute approximate surface area is 167 Å². The lowest BCUT2D eigenvalue weighted by molar-refractivity contribution is 0.425. The summed E-state index contributed by atoms with van der Waals surface area (Å²) in [5.74, 6) is 0.922. The Balaban J connectivity index is 1.63. The molecule has 2 aromatic carbocycles. The number of fused-ring (bicyclic) bond motifs is 1. The maximum absolute atomic E-state index is 9.33. The number of rotatable bonds is 6. The molecule has 0 amide bonds. The summed E-state index contributed by atoms with van der Waals surface area (Å²) >= 11 is 0. The van der Waals surface area contributed by atoms with Crippen molar-refractivity contribution in [3.63, 3.8) is 0 Å². The first-order valence-electron chi connectivity index (χ1n) is 9.13. The number of aryl methyl sites for hydroxylation is 1. The Bertz CT molecular complexity index is 1160. The van der Waals surface area contributed by atoms with Crippen LogP contribution in [0.5, 0.6) is 0 Å². The molecule has 0 fully saturated rings. The highest BCUT2D eigenvalue weighted by molar-refractivity contribution is 6.58. The molecule has 0 unspecified atom stereocenters. The minimum Gasteiger partial charge on any atom is -0.423 e. The van der Waals surface area contributed by atoms with Crippen LogP contribution in [0.25, 0.3) is 16.9 Å². The highest BCUT2D eigenvalue weighted by Gasteiger charge is 2.14. The maximum Gasteiger partial charge on any atom is 0.488 e. The van der Waals surface area contributed by atoms with Gasteiger partial charge in [0.05, 0.1) is 11.7 Å². The first kappa shape index (κ1) is 19.0. The van der Waals surface area contributed by atoms with Crippen molar-refractivity contribution in [1.82, 2.24) is 25.0 Å². The van der Waals surface area contributed by atoms with Gasteiger partial charge in [-0.2, -0.15) is 14.8 Å². The summed E-state index contributed by atoms with van der Waals surface area (Å²) in [6, 6.07) is 12.9. The van der Waals surface area contributed by atoms with Crippen LogP contribution in [0.4, 0.5) is 5.82 Å². The Morgan fingerprint density at radius 3 is 2.76 bits per heavy atom. The number of hydrogen-bond donors (Lipinski definition) is 4. The standard InChI is InChI=1S/C19H20BN7O2/c1-12-18(22-10-13-4-2-6-15(8-13)20(28)29)24-19(26-25-12)27-17-7-3-5-14(9-21)16(17)11-23-27/h2-8,11,28-29H,9-10,21H2,1H3,(H,22,24,26). The zero-order chi connectivity index (χ0) is 20.4. The van der Waals surface area contributed by atoms with E-state index in [1.54, 1.807) is 29.1 Å². The van der Waals surface area contributed by atoms with Gasteiger partial charge < -0.3 is 21.1 Å². The van der Waals surface area contributed by atoms with Crippen molar-refractivity contribution >= 4 is 29.3 Å². The SMILES string of the molecule is Cc1nnc(-n2ncc3c(CN)cccc32)nc1NCc1cccc(B(O)O)c1. The predicted molar refractivity (Wildman–Crippen MR) is 111 cm³/mol. The second-order valence-corrected chi connectivity index (χ2v) is 6.63. The monoisotopic (exact) mass is 389 g/mol. The lowest BCUT2D eigenvalue weighted by Gasteiger charge is -2.10. The fraction of sp³-hybridized carbons (Fsp3) is 0.158. The van der Waals surface area contributed by atoms with E-state index < -0.39 is 7.12 Å². The van der Waals surface area contributed by atoms with Crippen molar-refractivity contribution < 1.29 is 10.0 Å². The zero-order valence-corrected chi connectivity index (χ0v) is 15.8. The van der Waals surface area contributed by atoms with E-state index in [0.29, 0.717) is 36.0 Å². The Morgan fingerprint density at radius 2 is 1.97 bits per heavy atom. The summed E-state index contributed by atoms with van der Waals surface area (Å²) < 4.78 is 1.63. The Kier molecular flexibility index (Phi) is 5.21. The third-order valence-electron chi connectivity index (χ3n) is 4.67. The molecule has 5 N–H and O–H groups in total. The fourth-order valence-electron chi connectivity index (χ4n) is 3.13. The molecular formula is C19H20BN7O2. The summed E-state index contributed by atoms with van der Waals surface area (Å²) in [7, 11) is -1.50. The van der Waals surface area contributed by atoms with Gasteiger partial charge in [0.25, 0.3) is 5.95 Å². The van der Waals surface area contributed by atoms with Crippen LogP contribution in [-0.4, -0.2) is 42.1 Å². The van der Waals surface area contributed by atoms with Crippen LogP contribution in [0.3, 0.4) is 0 Å².